The highest BCUT2D eigenvalue weighted by molar-refractivity contribution is 5.50. The first-order valence-corrected chi connectivity index (χ1v) is 8.38. The smallest absolute Gasteiger partial charge is 0.274 e. The van der Waals surface area contributed by atoms with Crippen LogP contribution in [0.5, 0.6) is 0 Å². The second-order valence-electron chi connectivity index (χ2n) is 7.39. The van der Waals surface area contributed by atoms with Crippen molar-refractivity contribution < 1.29 is 0 Å². The minimum absolute atomic E-state index is 0.145. The van der Waals surface area contributed by atoms with Crippen LogP contribution >= 0.6 is 0 Å². The SMILES string of the molecule is Cc1cccc(N2CCN(c3nnc(C(C)(C)C)c(=O)[nH]3)CC2)c1. The maximum absolute atomic E-state index is 12.3. The molecule has 0 bridgehead atoms. The molecular weight excluding hydrogens is 302 g/mol. The lowest BCUT2D eigenvalue weighted by Gasteiger charge is -2.36. The van der Waals surface area contributed by atoms with Gasteiger partial charge in [-0.25, -0.2) is 0 Å². The number of aromatic nitrogens is 3. The van der Waals surface area contributed by atoms with Crippen LogP contribution in [0.25, 0.3) is 0 Å². The number of anilines is 2. The topological polar surface area (TPSA) is 65.1 Å². The summed E-state index contributed by atoms with van der Waals surface area (Å²) >= 11 is 0. The zero-order valence-electron chi connectivity index (χ0n) is 14.8. The molecule has 0 unspecified atom stereocenters. The standard InChI is InChI=1S/C18H25N5O/c1-13-6-5-7-14(12-13)22-8-10-23(11-9-22)17-19-16(24)15(20-21-17)18(2,3)4/h5-7,12H,8-11H2,1-4H3,(H,19,21,24). The summed E-state index contributed by atoms with van der Waals surface area (Å²) in [6.45, 7) is 11.4. The van der Waals surface area contributed by atoms with Crippen molar-refractivity contribution in [2.45, 2.75) is 33.1 Å². The van der Waals surface area contributed by atoms with E-state index in [9.17, 15) is 4.79 Å². The van der Waals surface area contributed by atoms with E-state index in [1.165, 1.54) is 11.3 Å². The molecule has 0 atom stereocenters. The van der Waals surface area contributed by atoms with Crippen molar-refractivity contribution >= 4 is 11.6 Å². The maximum Gasteiger partial charge on any atom is 0.274 e. The van der Waals surface area contributed by atoms with Crippen LogP contribution in [0.15, 0.2) is 29.1 Å². The zero-order valence-corrected chi connectivity index (χ0v) is 14.8. The van der Waals surface area contributed by atoms with Crippen LogP contribution in [0.2, 0.25) is 0 Å². The number of hydrogen-bond acceptors (Lipinski definition) is 5. The number of rotatable bonds is 2. The number of aromatic amines is 1. The Labute approximate surface area is 142 Å². The zero-order chi connectivity index (χ0) is 17.3. The van der Waals surface area contributed by atoms with E-state index >= 15 is 0 Å². The Morgan fingerprint density at radius 1 is 1.04 bits per heavy atom. The van der Waals surface area contributed by atoms with E-state index in [1.807, 2.05) is 20.8 Å². The van der Waals surface area contributed by atoms with Gasteiger partial charge < -0.3 is 9.80 Å². The largest absolute Gasteiger partial charge is 0.368 e. The third-order valence-corrected chi connectivity index (χ3v) is 4.34. The summed E-state index contributed by atoms with van der Waals surface area (Å²) < 4.78 is 0. The molecule has 1 saturated heterocycles. The summed E-state index contributed by atoms with van der Waals surface area (Å²) in [7, 11) is 0. The number of nitrogens with one attached hydrogen (secondary N) is 1. The van der Waals surface area contributed by atoms with E-state index in [-0.39, 0.29) is 11.0 Å². The third-order valence-electron chi connectivity index (χ3n) is 4.34. The van der Waals surface area contributed by atoms with Gasteiger partial charge in [0.25, 0.3) is 5.56 Å². The molecule has 0 amide bonds. The first-order chi connectivity index (χ1) is 11.3. The Morgan fingerprint density at radius 3 is 2.29 bits per heavy atom. The fourth-order valence-corrected chi connectivity index (χ4v) is 2.96. The van der Waals surface area contributed by atoms with E-state index in [0.717, 1.165) is 26.2 Å². The molecule has 1 aromatic heterocycles. The highest BCUT2D eigenvalue weighted by Gasteiger charge is 2.23. The molecular formula is C18H25N5O. The molecule has 6 nitrogen and oxygen atoms in total. The Balaban J connectivity index is 1.71. The van der Waals surface area contributed by atoms with Crippen LogP contribution in [0.1, 0.15) is 32.0 Å². The average Bonchev–Trinajstić information content (AvgIpc) is 2.54. The summed E-state index contributed by atoms with van der Waals surface area (Å²) in [5, 5.41) is 8.41. The molecule has 1 N–H and O–H groups in total. The van der Waals surface area contributed by atoms with Gasteiger partial charge in [0.15, 0.2) is 0 Å². The van der Waals surface area contributed by atoms with E-state index < -0.39 is 0 Å². The summed E-state index contributed by atoms with van der Waals surface area (Å²) in [5.41, 5.74) is 2.54. The molecule has 0 aliphatic carbocycles. The molecule has 0 saturated carbocycles. The first kappa shape index (κ1) is 16.5. The lowest BCUT2D eigenvalue weighted by atomic mass is 9.93. The Hall–Kier alpha value is -2.37. The molecule has 1 aliphatic rings. The lowest BCUT2D eigenvalue weighted by molar-refractivity contribution is 0.541. The van der Waals surface area contributed by atoms with Gasteiger partial charge in [0.05, 0.1) is 0 Å². The van der Waals surface area contributed by atoms with Crippen LogP contribution in [0.4, 0.5) is 11.6 Å². The van der Waals surface area contributed by atoms with E-state index in [1.54, 1.807) is 0 Å². The molecule has 1 aromatic carbocycles. The Kier molecular flexibility index (Phi) is 4.30. The normalized spacial score (nSPS) is 15.7. The minimum atomic E-state index is -0.303. The molecule has 6 heteroatoms. The first-order valence-electron chi connectivity index (χ1n) is 8.38. The second kappa shape index (κ2) is 6.26. The predicted octanol–water partition coefficient (Wildman–Crippen LogP) is 2.10. The Bertz CT molecular complexity index is 769. The molecule has 3 rings (SSSR count). The molecule has 24 heavy (non-hydrogen) atoms. The quantitative estimate of drug-likeness (QED) is 0.915. The molecule has 0 spiro atoms. The average molecular weight is 327 g/mol. The van der Waals surface area contributed by atoms with Gasteiger partial charge >= 0.3 is 0 Å². The van der Waals surface area contributed by atoms with Crippen molar-refractivity contribution in [1.29, 1.82) is 0 Å². The fraction of sp³-hybridized carbons (Fsp3) is 0.500. The number of benzene rings is 1. The van der Waals surface area contributed by atoms with Crippen molar-refractivity contribution in [3.05, 3.63) is 45.9 Å². The molecule has 128 valence electrons. The van der Waals surface area contributed by atoms with Crippen LogP contribution < -0.4 is 15.4 Å². The molecule has 0 radical (unpaired) electrons. The lowest BCUT2D eigenvalue weighted by Crippen LogP contribution is -2.47. The van der Waals surface area contributed by atoms with Crippen LogP contribution in [0, 0.1) is 6.92 Å². The fourth-order valence-electron chi connectivity index (χ4n) is 2.96. The number of H-pyrrole nitrogens is 1. The number of aryl methyl sites for hydroxylation is 1. The number of nitrogens with zero attached hydrogens (tertiary/aromatic N) is 4. The van der Waals surface area contributed by atoms with Crippen LogP contribution in [0.3, 0.4) is 0 Å². The van der Waals surface area contributed by atoms with Gasteiger partial charge in [-0.2, -0.15) is 0 Å². The summed E-state index contributed by atoms with van der Waals surface area (Å²) in [6, 6.07) is 8.54. The summed E-state index contributed by atoms with van der Waals surface area (Å²) in [5.74, 6) is 0.567. The maximum atomic E-state index is 12.3. The van der Waals surface area contributed by atoms with Gasteiger partial charge in [0.2, 0.25) is 5.95 Å². The van der Waals surface area contributed by atoms with E-state index in [2.05, 4.69) is 56.2 Å². The van der Waals surface area contributed by atoms with Gasteiger partial charge in [-0.15, -0.1) is 10.2 Å². The summed E-state index contributed by atoms with van der Waals surface area (Å²) in [4.78, 5) is 19.6. The van der Waals surface area contributed by atoms with Gasteiger partial charge in [-0.3, -0.25) is 9.78 Å². The van der Waals surface area contributed by atoms with Crippen LogP contribution in [-0.4, -0.2) is 41.4 Å². The minimum Gasteiger partial charge on any atom is -0.368 e. The van der Waals surface area contributed by atoms with Crippen molar-refractivity contribution in [2.75, 3.05) is 36.0 Å². The van der Waals surface area contributed by atoms with Crippen molar-refractivity contribution in [1.82, 2.24) is 15.2 Å². The van der Waals surface area contributed by atoms with Gasteiger partial charge in [-0.1, -0.05) is 32.9 Å². The Morgan fingerprint density at radius 2 is 1.71 bits per heavy atom. The molecule has 1 aliphatic heterocycles. The number of piperazine rings is 1. The monoisotopic (exact) mass is 327 g/mol. The third kappa shape index (κ3) is 3.42. The van der Waals surface area contributed by atoms with Crippen molar-refractivity contribution in [3.63, 3.8) is 0 Å². The van der Waals surface area contributed by atoms with Gasteiger partial charge in [-0.05, 0) is 24.6 Å². The van der Waals surface area contributed by atoms with E-state index in [4.69, 9.17) is 0 Å². The molecule has 2 heterocycles. The highest BCUT2D eigenvalue weighted by Crippen LogP contribution is 2.20. The number of hydrogen-bond donors (Lipinski definition) is 1. The highest BCUT2D eigenvalue weighted by atomic mass is 16.1. The van der Waals surface area contributed by atoms with Crippen molar-refractivity contribution in [2.24, 2.45) is 0 Å². The van der Waals surface area contributed by atoms with Gasteiger partial charge in [0, 0.05) is 37.3 Å². The van der Waals surface area contributed by atoms with Crippen LogP contribution in [-0.2, 0) is 5.41 Å². The van der Waals surface area contributed by atoms with Crippen molar-refractivity contribution in [3.8, 4) is 0 Å². The van der Waals surface area contributed by atoms with E-state index in [0.29, 0.717) is 11.6 Å². The van der Waals surface area contributed by atoms with Gasteiger partial charge in [0.1, 0.15) is 5.69 Å². The summed E-state index contributed by atoms with van der Waals surface area (Å²) in [6.07, 6.45) is 0. The predicted molar refractivity (Wildman–Crippen MR) is 97.0 cm³/mol. The molecule has 1 fully saturated rings. The second-order valence-corrected chi connectivity index (χ2v) is 7.39. The molecule has 2 aromatic rings.